The van der Waals surface area contributed by atoms with Gasteiger partial charge < -0.3 is 10.1 Å². The largest absolute Gasteiger partial charge is 0.461 e. The van der Waals surface area contributed by atoms with Crippen LogP contribution in [-0.2, 0) is 22.4 Å². The Balaban J connectivity index is 1.57. The second kappa shape index (κ2) is 10.1. The van der Waals surface area contributed by atoms with Crippen LogP contribution >= 0.6 is 0 Å². The average molecular weight is 351 g/mol. The van der Waals surface area contributed by atoms with E-state index >= 15 is 0 Å². The van der Waals surface area contributed by atoms with E-state index in [0.717, 1.165) is 51.5 Å². The minimum absolute atomic E-state index is 0.0355. The fourth-order valence-electron chi connectivity index (χ4n) is 3.51. The molecule has 0 saturated carbocycles. The van der Waals surface area contributed by atoms with Gasteiger partial charge in [-0.3, -0.25) is 4.79 Å². The molecule has 0 bridgehead atoms. The highest BCUT2D eigenvalue weighted by atomic mass is 16.5. The third-order valence-corrected chi connectivity index (χ3v) is 5.07. The summed E-state index contributed by atoms with van der Waals surface area (Å²) in [6, 6.07) is 20.7. The first-order valence-electron chi connectivity index (χ1n) is 9.83. The molecular weight excluding hydrogens is 322 g/mol. The highest BCUT2D eigenvalue weighted by Crippen LogP contribution is 2.16. The van der Waals surface area contributed by atoms with Crippen LogP contribution in [-0.4, -0.2) is 24.7 Å². The van der Waals surface area contributed by atoms with Crippen LogP contribution in [0.1, 0.15) is 43.2 Å². The number of nitrogens with one attached hydrogen (secondary N) is 1. The van der Waals surface area contributed by atoms with Crippen molar-refractivity contribution in [2.75, 3.05) is 6.54 Å². The molecule has 1 atom stereocenters. The Morgan fingerprint density at radius 1 is 0.923 bits per heavy atom. The zero-order valence-corrected chi connectivity index (χ0v) is 15.4. The van der Waals surface area contributed by atoms with Crippen LogP contribution in [0.25, 0.3) is 0 Å². The fourth-order valence-corrected chi connectivity index (χ4v) is 3.51. The third-order valence-electron chi connectivity index (χ3n) is 5.07. The monoisotopic (exact) mass is 351 g/mol. The summed E-state index contributed by atoms with van der Waals surface area (Å²) >= 11 is 0. The van der Waals surface area contributed by atoms with Crippen LogP contribution in [0.3, 0.4) is 0 Å². The van der Waals surface area contributed by atoms with E-state index < -0.39 is 0 Å². The maximum atomic E-state index is 12.5. The van der Waals surface area contributed by atoms with Gasteiger partial charge in [0.15, 0.2) is 0 Å². The molecule has 0 aromatic heterocycles. The molecule has 0 spiro atoms. The zero-order chi connectivity index (χ0) is 18.0. The van der Waals surface area contributed by atoms with Crippen molar-refractivity contribution in [3.05, 3.63) is 71.8 Å². The van der Waals surface area contributed by atoms with Crippen molar-refractivity contribution in [3.8, 4) is 0 Å². The molecule has 1 N–H and O–H groups in total. The Kier molecular flexibility index (Phi) is 7.26. The summed E-state index contributed by atoms with van der Waals surface area (Å²) in [6.07, 6.45) is 6.72. The number of piperidine rings is 1. The van der Waals surface area contributed by atoms with Gasteiger partial charge in [0.1, 0.15) is 12.1 Å². The predicted molar refractivity (Wildman–Crippen MR) is 105 cm³/mol. The molecule has 1 aliphatic rings. The number of rotatable bonds is 8. The highest BCUT2D eigenvalue weighted by molar-refractivity contribution is 5.76. The van der Waals surface area contributed by atoms with Crippen LogP contribution in [0.15, 0.2) is 60.7 Å². The molecule has 0 amide bonds. The second-order valence-corrected chi connectivity index (χ2v) is 7.11. The molecule has 2 aromatic carbocycles. The topological polar surface area (TPSA) is 38.3 Å². The Morgan fingerprint density at radius 3 is 2.00 bits per heavy atom. The molecule has 26 heavy (non-hydrogen) atoms. The van der Waals surface area contributed by atoms with E-state index in [-0.39, 0.29) is 18.1 Å². The Bertz CT molecular complexity index is 607. The minimum atomic E-state index is -0.125. The van der Waals surface area contributed by atoms with Crippen LogP contribution in [0.4, 0.5) is 0 Å². The van der Waals surface area contributed by atoms with E-state index in [0.29, 0.717) is 0 Å². The first kappa shape index (κ1) is 18.7. The van der Waals surface area contributed by atoms with Gasteiger partial charge in [0, 0.05) is 0 Å². The van der Waals surface area contributed by atoms with Gasteiger partial charge in [0.2, 0.25) is 0 Å². The predicted octanol–water partition coefficient (Wildman–Crippen LogP) is 4.31. The SMILES string of the molecule is O=C(OC(CCc1ccccc1)CCc1ccccc1)C1CCCCN1. The van der Waals surface area contributed by atoms with Crippen molar-refractivity contribution in [2.24, 2.45) is 0 Å². The molecule has 1 aliphatic heterocycles. The Labute approximate surface area is 156 Å². The molecule has 3 heteroatoms. The molecule has 138 valence electrons. The van der Waals surface area contributed by atoms with Gasteiger partial charge in [0.25, 0.3) is 0 Å². The number of carbonyl (C=O) groups excluding carboxylic acids is 1. The highest BCUT2D eigenvalue weighted by Gasteiger charge is 2.24. The van der Waals surface area contributed by atoms with Crippen LogP contribution in [0.5, 0.6) is 0 Å². The van der Waals surface area contributed by atoms with E-state index in [1.54, 1.807) is 0 Å². The lowest BCUT2D eigenvalue weighted by Gasteiger charge is -2.25. The van der Waals surface area contributed by atoms with Crippen LogP contribution in [0.2, 0.25) is 0 Å². The number of aryl methyl sites for hydroxylation is 2. The van der Waals surface area contributed by atoms with Gasteiger partial charge in [-0.25, -0.2) is 0 Å². The molecule has 1 heterocycles. The van der Waals surface area contributed by atoms with Gasteiger partial charge in [-0.2, -0.15) is 0 Å². The quantitative estimate of drug-likeness (QED) is 0.721. The molecule has 3 nitrogen and oxygen atoms in total. The molecule has 3 rings (SSSR count). The molecule has 1 unspecified atom stereocenters. The lowest BCUT2D eigenvalue weighted by Crippen LogP contribution is -2.42. The van der Waals surface area contributed by atoms with Crippen molar-refractivity contribution in [1.29, 1.82) is 0 Å². The minimum Gasteiger partial charge on any atom is -0.461 e. The maximum Gasteiger partial charge on any atom is 0.323 e. The fraction of sp³-hybridized carbons (Fsp3) is 0.435. The number of esters is 1. The summed E-state index contributed by atoms with van der Waals surface area (Å²) in [5.41, 5.74) is 2.59. The van der Waals surface area contributed by atoms with E-state index in [1.165, 1.54) is 11.1 Å². The summed E-state index contributed by atoms with van der Waals surface area (Å²) in [7, 11) is 0. The number of ether oxygens (including phenoxy) is 1. The van der Waals surface area contributed by atoms with Gasteiger partial charge in [-0.05, 0) is 56.2 Å². The van der Waals surface area contributed by atoms with Gasteiger partial charge >= 0.3 is 5.97 Å². The first-order valence-corrected chi connectivity index (χ1v) is 9.83. The van der Waals surface area contributed by atoms with E-state index in [2.05, 4.69) is 53.8 Å². The summed E-state index contributed by atoms with van der Waals surface area (Å²) in [5.74, 6) is -0.0733. The Morgan fingerprint density at radius 2 is 1.50 bits per heavy atom. The average Bonchev–Trinajstić information content (AvgIpc) is 2.72. The summed E-state index contributed by atoms with van der Waals surface area (Å²) in [6.45, 7) is 0.915. The zero-order valence-electron chi connectivity index (χ0n) is 15.4. The van der Waals surface area contributed by atoms with Gasteiger partial charge in [0.05, 0.1) is 0 Å². The summed E-state index contributed by atoms with van der Waals surface area (Å²) < 4.78 is 5.93. The Hall–Kier alpha value is -2.13. The molecule has 2 aromatic rings. The molecule has 1 saturated heterocycles. The number of hydrogen-bond acceptors (Lipinski definition) is 3. The molecule has 0 radical (unpaired) electrons. The third kappa shape index (κ3) is 5.99. The standard InChI is InChI=1S/C23H29NO2/c25-23(22-13-7-8-18-24-22)26-21(16-14-19-9-3-1-4-10-19)17-15-20-11-5-2-6-12-20/h1-6,9-12,21-22,24H,7-8,13-18H2. The number of hydrogen-bond donors (Lipinski definition) is 1. The second-order valence-electron chi connectivity index (χ2n) is 7.11. The van der Waals surface area contributed by atoms with Crippen molar-refractivity contribution < 1.29 is 9.53 Å². The first-order chi connectivity index (χ1) is 12.8. The van der Waals surface area contributed by atoms with E-state index in [4.69, 9.17) is 4.74 Å². The maximum absolute atomic E-state index is 12.5. The van der Waals surface area contributed by atoms with Gasteiger partial charge in [-0.15, -0.1) is 0 Å². The van der Waals surface area contributed by atoms with E-state index in [1.807, 2.05) is 12.1 Å². The van der Waals surface area contributed by atoms with Crippen molar-refractivity contribution in [2.45, 2.75) is 57.1 Å². The molecular formula is C23H29NO2. The van der Waals surface area contributed by atoms with Crippen LogP contribution < -0.4 is 5.32 Å². The summed E-state index contributed by atoms with van der Waals surface area (Å²) in [5, 5.41) is 3.30. The number of benzene rings is 2. The van der Waals surface area contributed by atoms with Crippen molar-refractivity contribution in [3.63, 3.8) is 0 Å². The smallest absolute Gasteiger partial charge is 0.323 e. The molecule has 0 aliphatic carbocycles. The lowest BCUT2D eigenvalue weighted by atomic mass is 10.0. The van der Waals surface area contributed by atoms with Crippen LogP contribution in [0, 0.1) is 0 Å². The number of carbonyl (C=O) groups is 1. The van der Waals surface area contributed by atoms with E-state index in [9.17, 15) is 4.79 Å². The van der Waals surface area contributed by atoms with Crippen molar-refractivity contribution in [1.82, 2.24) is 5.32 Å². The van der Waals surface area contributed by atoms with Crippen molar-refractivity contribution >= 4 is 5.97 Å². The lowest BCUT2D eigenvalue weighted by molar-refractivity contribution is -0.152. The normalized spacial score (nSPS) is 17.2. The molecule has 1 fully saturated rings. The van der Waals surface area contributed by atoms with Gasteiger partial charge in [-0.1, -0.05) is 67.1 Å². The summed E-state index contributed by atoms with van der Waals surface area (Å²) in [4.78, 5) is 12.5.